The Hall–Kier alpha value is -3.53. The lowest BCUT2D eigenvalue weighted by atomic mass is 10.1. The standard InChI is InChI=1S/C21H19FN4O2/c1-25-20(27)10-9-19(24-25)21(28)26(14-17-3-2-4-18(22)11-17)13-16-7-5-15(12-23)6-8-16/h2-8,11H,9-10,13-14H2,1H3. The molecule has 28 heavy (non-hydrogen) atoms. The SMILES string of the molecule is CN1N=C(C(=O)N(Cc2ccc(C#N)cc2)Cc2cccc(F)c2)CCC1=O. The lowest BCUT2D eigenvalue weighted by Crippen LogP contribution is -2.40. The first-order valence-corrected chi connectivity index (χ1v) is 8.83. The Kier molecular flexibility index (Phi) is 5.80. The fraction of sp³-hybridized carbons (Fsp3) is 0.238. The smallest absolute Gasteiger partial charge is 0.270 e. The van der Waals surface area contributed by atoms with E-state index in [9.17, 15) is 14.0 Å². The van der Waals surface area contributed by atoms with E-state index < -0.39 is 0 Å². The van der Waals surface area contributed by atoms with E-state index in [4.69, 9.17) is 5.26 Å². The molecule has 2 aromatic rings. The van der Waals surface area contributed by atoms with Gasteiger partial charge in [-0.2, -0.15) is 10.4 Å². The minimum absolute atomic E-state index is 0.139. The molecule has 0 aliphatic carbocycles. The molecule has 0 aromatic heterocycles. The molecule has 0 bridgehead atoms. The second-order valence-electron chi connectivity index (χ2n) is 6.56. The van der Waals surface area contributed by atoms with E-state index >= 15 is 0 Å². The Morgan fingerprint density at radius 2 is 1.89 bits per heavy atom. The molecule has 6 nitrogen and oxygen atoms in total. The van der Waals surface area contributed by atoms with Crippen LogP contribution in [0, 0.1) is 17.1 Å². The van der Waals surface area contributed by atoms with Crippen molar-refractivity contribution in [1.82, 2.24) is 9.91 Å². The molecule has 0 saturated carbocycles. The van der Waals surface area contributed by atoms with Crippen LogP contribution in [0.4, 0.5) is 4.39 Å². The van der Waals surface area contributed by atoms with Crippen LogP contribution < -0.4 is 0 Å². The van der Waals surface area contributed by atoms with Crippen LogP contribution in [0.5, 0.6) is 0 Å². The van der Waals surface area contributed by atoms with Crippen molar-refractivity contribution in [2.75, 3.05) is 7.05 Å². The maximum Gasteiger partial charge on any atom is 0.270 e. The highest BCUT2D eigenvalue weighted by Crippen LogP contribution is 2.16. The first-order chi connectivity index (χ1) is 13.5. The molecule has 0 radical (unpaired) electrons. The summed E-state index contributed by atoms with van der Waals surface area (Å²) in [6, 6.07) is 15.1. The molecule has 142 valence electrons. The second kappa shape index (κ2) is 8.44. The van der Waals surface area contributed by atoms with Gasteiger partial charge in [-0.25, -0.2) is 9.40 Å². The van der Waals surface area contributed by atoms with Crippen LogP contribution in [-0.4, -0.2) is 34.5 Å². The predicted molar refractivity (Wildman–Crippen MR) is 101 cm³/mol. The topological polar surface area (TPSA) is 76.8 Å². The monoisotopic (exact) mass is 378 g/mol. The van der Waals surface area contributed by atoms with Crippen molar-refractivity contribution in [2.45, 2.75) is 25.9 Å². The molecule has 2 aromatic carbocycles. The van der Waals surface area contributed by atoms with Crippen LogP contribution in [0.25, 0.3) is 0 Å². The highest BCUT2D eigenvalue weighted by Gasteiger charge is 2.26. The first-order valence-electron chi connectivity index (χ1n) is 8.83. The van der Waals surface area contributed by atoms with Gasteiger partial charge in [0.2, 0.25) is 5.91 Å². The summed E-state index contributed by atoms with van der Waals surface area (Å²) in [6.07, 6.45) is 0.501. The van der Waals surface area contributed by atoms with Crippen molar-refractivity contribution >= 4 is 17.5 Å². The van der Waals surface area contributed by atoms with Gasteiger partial charge in [-0.05, 0) is 35.4 Å². The Morgan fingerprint density at radius 1 is 1.18 bits per heavy atom. The third-order valence-electron chi connectivity index (χ3n) is 4.46. The Bertz CT molecular complexity index is 963. The maximum absolute atomic E-state index is 13.6. The number of nitriles is 1. The number of carbonyl (C=O) groups is 2. The molecular weight excluding hydrogens is 359 g/mol. The van der Waals surface area contributed by atoms with Crippen molar-refractivity contribution in [1.29, 1.82) is 5.26 Å². The molecule has 0 saturated heterocycles. The summed E-state index contributed by atoms with van der Waals surface area (Å²) in [4.78, 5) is 26.3. The van der Waals surface area contributed by atoms with E-state index in [1.54, 1.807) is 41.3 Å². The average Bonchev–Trinajstić information content (AvgIpc) is 2.69. The van der Waals surface area contributed by atoms with Gasteiger partial charge in [0.05, 0.1) is 11.6 Å². The Morgan fingerprint density at radius 3 is 2.54 bits per heavy atom. The number of hydrogen-bond acceptors (Lipinski definition) is 4. The number of carbonyl (C=O) groups excluding carboxylic acids is 2. The van der Waals surface area contributed by atoms with Gasteiger partial charge >= 0.3 is 0 Å². The lowest BCUT2D eigenvalue weighted by molar-refractivity contribution is -0.130. The molecule has 1 aliphatic heterocycles. The molecule has 7 heteroatoms. The zero-order valence-corrected chi connectivity index (χ0v) is 15.4. The van der Waals surface area contributed by atoms with Crippen LogP contribution in [0.1, 0.15) is 29.5 Å². The quantitative estimate of drug-likeness (QED) is 0.803. The first kappa shape index (κ1) is 19.2. The summed E-state index contributed by atoms with van der Waals surface area (Å²) < 4.78 is 13.6. The Balaban J connectivity index is 1.86. The largest absolute Gasteiger partial charge is 0.329 e. The van der Waals surface area contributed by atoms with Crippen molar-refractivity contribution < 1.29 is 14.0 Å². The highest BCUT2D eigenvalue weighted by molar-refractivity contribution is 6.39. The fourth-order valence-corrected chi connectivity index (χ4v) is 2.97. The van der Waals surface area contributed by atoms with E-state index in [2.05, 4.69) is 11.2 Å². The average molecular weight is 378 g/mol. The summed E-state index contributed by atoms with van der Waals surface area (Å²) in [7, 11) is 1.52. The number of rotatable bonds is 5. The minimum atomic E-state index is -0.372. The number of hydrazone groups is 1. The van der Waals surface area contributed by atoms with Gasteiger partial charge in [0, 0.05) is 33.0 Å². The van der Waals surface area contributed by atoms with Crippen molar-refractivity contribution in [3.05, 3.63) is 71.0 Å². The van der Waals surface area contributed by atoms with Crippen LogP contribution in [0.2, 0.25) is 0 Å². The number of benzene rings is 2. The van der Waals surface area contributed by atoms with E-state index in [1.165, 1.54) is 24.2 Å². The minimum Gasteiger partial charge on any atom is -0.329 e. The molecular formula is C21H19FN4O2. The normalized spacial score (nSPS) is 13.7. The second-order valence-corrected chi connectivity index (χ2v) is 6.56. The third kappa shape index (κ3) is 4.60. The molecule has 2 amide bonds. The number of nitrogens with zero attached hydrogens (tertiary/aromatic N) is 4. The maximum atomic E-state index is 13.6. The molecule has 0 N–H and O–H groups in total. The zero-order chi connectivity index (χ0) is 20.1. The lowest BCUT2D eigenvalue weighted by Gasteiger charge is -2.26. The van der Waals surface area contributed by atoms with Crippen LogP contribution in [-0.2, 0) is 22.7 Å². The molecule has 1 heterocycles. The fourth-order valence-electron chi connectivity index (χ4n) is 2.97. The van der Waals surface area contributed by atoms with Gasteiger partial charge in [-0.1, -0.05) is 24.3 Å². The van der Waals surface area contributed by atoms with E-state index in [1.807, 2.05) is 0 Å². The predicted octanol–water partition coefficient (Wildman–Crippen LogP) is 2.83. The highest BCUT2D eigenvalue weighted by atomic mass is 19.1. The third-order valence-corrected chi connectivity index (χ3v) is 4.46. The van der Waals surface area contributed by atoms with Gasteiger partial charge in [-0.15, -0.1) is 0 Å². The number of halogens is 1. The molecule has 0 spiro atoms. The Labute approximate surface area is 162 Å². The van der Waals surface area contributed by atoms with Crippen molar-refractivity contribution in [3.8, 4) is 6.07 Å². The van der Waals surface area contributed by atoms with Gasteiger partial charge in [0.25, 0.3) is 5.91 Å². The van der Waals surface area contributed by atoms with E-state index in [0.717, 1.165) is 5.56 Å². The molecule has 0 atom stereocenters. The van der Waals surface area contributed by atoms with Crippen LogP contribution in [0.3, 0.4) is 0 Å². The summed E-state index contributed by atoms with van der Waals surface area (Å²) in [6.45, 7) is 0.477. The molecule has 1 aliphatic rings. The van der Waals surface area contributed by atoms with Gasteiger partial charge < -0.3 is 4.90 Å². The molecule has 0 unspecified atom stereocenters. The summed E-state index contributed by atoms with van der Waals surface area (Å²) in [5.74, 6) is -0.808. The zero-order valence-electron chi connectivity index (χ0n) is 15.4. The number of amides is 2. The van der Waals surface area contributed by atoms with Crippen molar-refractivity contribution in [3.63, 3.8) is 0 Å². The number of hydrogen-bond donors (Lipinski definition) is 0. The van der Waals surface area contributed by atoms with E-state index in [-0.39, 0.29) is 43.6 Å². The van der Waals surface area contributed by atoms with Crippen molar-refractivity contribution in [2.24, 2.45) is 5.10 Å². The van der Waals surface area contributed by atoms with E-state index in [0.29, 0.717) is 16.8 Å². The van der Waals surface area contributed by atoms with Gasteiger partial charge in [0.15, 0.2) is 0 Å². The van der Waals surface area contributed by atoms with Crippen LogP contribution >= 0.6 is 0 Å². The van der Waals surface area contributed by atoms with Gasteiger partial charge in [0.1, 0.15) is 11.5 Å². The van der Waals surface area contributed by atoms with Gasteiger partial charge in [-0.3, -0.25) is 9.59 Å². The summed E-state index contributed by atoms with van der Waals surface area (Å²) in [5.41, 5.74) is 2.32. The molecule has 3 rings (SSSR count). The molecule has 0 fully saturated rings. The van der Waals surface area contributed by atoms with Crippen LogP contribution in [0.15, 0.2) is 53.6 Å². The summed E-state index contributed by atoms with van der Waals surface area (Å²) in [5, 5.41) is 14.2. The summed E-state index contributed by atoms with van der Waals surface area (Å²) >= 11 is 0.